The van der Waals surface area contributed by atoms with Crippen LogP contribution >= 0.6 is 0 Å². The van der Waals surface area contributed by atoms with Crippen molar-refractivity contribution < 1.29 is 31.9 Å². The average molecular weight is 507 g/mol. The van der Waals surface area contributed by atoms with Crippen molar-refractivity contribution in [1.82, 2.24) is 14.9 Å². The van der Waals surface area contributed by atoms with Crippen LogP contribution in [0.25, 0.3) is 0 Å². The molecule has 1 aromatic heterocycles. The molecule has 0 spiro atoms. The van der Waals surface area contributed by atoms with Gasteiger partial charge in [-0.15, -0.1) is 0 Å². The van der Waals surface area contributed by atoms with Gasteiger partial charge in [-0.2, -0.15) is 0 Å². The molecule has 2 heterocycles. The highest BCUT2D eigenvalue weighted by Gasteiger charge is 2.46. The van der Waals surface area contributed by atoms with Gasteiger partial charge in [-0.05, 0) is 30.7 Å². The summed E-state index contributed by atoms with van der Waals surface area (Å²) in [6, 6.07) is 2.05. The predicted octanol–water partition coefficient (Wildman–Crippen LogP) is 4.58. The number of rotatable bonds is 9. The summed E-state index contributed by atoms with van der Waals surface area (Å²) in [5, 5.41) is 6.12. The number of likely N-dealkylation sites (tertiary alicyclic amines) is 1. The van der Waals surface area contributed by atoms with Gasteiger partial charge in [0.2, 0.25) is 11.8 Å². The van der Waals surface area contributed by atoms with Crippen LogP contribution in [0.5, 0.6) is 11.6 Å². The van der Waals surface area contributed by atoms with Gasteiger partial charge in [0.15, 0.2) is 17.4 Å². The third kappa shape index (κ3) is 6.66. The number of carbonyl (C=O) groups is 1. The molecule has 1 aliphatic rings. The lowest BCUT2D eigenvalue weighted by atomic mass is 9.85. The van der Waals surface area contributed by atoms with Gasteiger partial charge >= 0.3 is 0 Å². The first-order chi connectivity index (χ1) is 17.1. The highest BCUT2D eigenvalue weighted by atomic mass is 19.3. The van der Waals surface area contributed by atoms with E-state index in [0.29, 0.717) is 6.07 Å². The fourth-order valence-electron chi connectivity index (χ4n) is 3.63. The number of nitrogens with zero attached hydrogens (tertiary/aromatic N) is 4. The summed E-state index contributed by atoms with van der Waals surface area (Å²) in [7, 11) is 1.34. The van der Waals surface area contributed by atoms with E-state index in [1.165, 1.54) is 31.7 Å². The third-order valence-electron chi connectivity index (χ3n) is 5.65. The number of allylic oxidation sites excluding steroid dienone is 2. The Morgan fingerprint density at radius 2 is 2.11 bits per heavy atom. The number of halogens is 4. The van der Waals surface area contributed by atoms with Crippen molar-refractivity contribution in [3.63, 3.8) is 0 Å². The first kappa shape index (κ1) is 26.8. The van der Waals surface area contributed by atoms with Crippen LogP contribution in [0.15, 0.2) is 60.1 Å². The molecule has 0 aliphatic carbocycles. The van der Waals surface area contributed by atoms with Crippen molar-refractivity contribution in [1.29, 1.82) is 0 Å². The van der Waals surface area contributed by atoms with Gasteiger partial charge in [0.1, 0.15) is 12.9 Å². The van der Waals surface area contributed by atoms with E-state index in [-0.39, 0.29) is 36.1 Å². The van der Waals surface area contributed by atoms with E-state index in [1.807, 2.05) is 0 Å². The lowest BCUT2D eigenvalue weighted by Gasteiger charge is -2.41. The van der Waals surface area contributed by atoms with Crippen LogP contribution in [-0.2, 0) is 9.63 Å². The third-order valence-corrected chi connectivity index (χ3v) is 5.65. The summed E-state index contributed by atoms with van der Waals surface area (Å²) in [5.41, 5.74) is 0.275. The van der Waals surface area contributed by atoms with E-state index < -0.39 is 41.8 Å². The second-order valence-corrected chi connectivity index (χ2v) is 7.95. The Bertz CT molecular complexity index is 1140. The molecule has 12 heteroatoms. The summed E-state index contributed by atoms with van der Waals surface area (Å²) < 4.78 is 61.3. The molecule has 0 saturated carbocycles. The van der Waals surface area contributed by atoms with Gasteiger partial charge in [0.25, 0.3) is 5.92 Å². The molecule has 1 amide bonds. The first-order valence-corrected chi connectivity index (χ1v) is 10.9. The molecule has 192 valence electrons. The standard InChI is InChI=1S/C24H25F4N5O3/c1-4-16(7-9-31-35-3)18-14-33(10-8-24(18,27)28)15(2)23(34)32-21-12-30-22(13-29-21)36-20-6-5-17(25)11-19(20)26/h4-7,9,11-13,15,18H,1,8,10,14H2,2-3H3,(H,29,32,34)/b16-7+,31-9+. The van der Waals surface area contributed by atoms with Gasteiger partial charge in [-0.25, -0.2) is 27.5 Å². The maximum atomic E-state index is 14.7. The average Bonchev–Trinajstić information content (AvgIpc) is 2.84. The summed E-state index contributed by atoms with van der Waals surface area (Å²) in [6.07, 6.45) is 5.92. The van der Waals surface area contributed by atoms with Gasteiger partial charge < -0.3 is 14.9 Å². The molecule has 2 unspecified atom stereocenters. The van der Waals surface area contributed by atoms with Crippen LogP contribution in [0.2, 0.25) is 0 Å². The zero-order valence-electron chi connectivity index (χ0n) is 19.6. The molecule has 1 fully saturated rings. The van der Waals surface area contributed by atoms with Crippen LogP contribution < -0.4 is 10.1 Å². The summed E-state index contributed by atoms with van der Waals surface area (Å²) in [6.45, 7) is 5.15. The number of hydrogen-bond acceptors (Lipinski definition) is 7. The summed E-state index contributed by atoms with van der Waals surface area (Å²) in [5.74, 6) is -6.55. The van der Waals surface area contributed by atoms with Crippen molar-refractivity contribution in [2.24, 2.45) is 11.1 Å². The maximum Gasteiger partial charge on any atom is 0.257 e. The van der Waals surface area contributed by atoms with Crippen molar-refractivity contribution in [2.75, 3.05) is 25.5 Å². The molecule has 2 aromatic rings. The first-order valence-electron chi connectivity index (χ1n) is 10.9. The summed E-state index contributed by atoms with van der Waals surface area (Å²) >= 11 is 0. The second-order valence-electron chi connectivity index (χ2n) is 7.95. The molecular weight excluding hydrogens is 482 g/mol. The number of amides is 1. The number of benzene rings is 1. The highest BCUT2D eigenvalue weighted by Crippen LogP contribution is 2.38. The fourth-order valence-corrected chi connectivity index (χ4v) is 3.63. The zero-order valence-corrected chi connectivity index (χ0v) is 19.6. The molecule has 1 aromatic carbocycles. The quantitative estimate of drug-likeness (QED) is 0.231. The second kappa shape index (κ2) is 11.8. The Kier molecular flexibility index (Phi) is 8.75. The van der Waals surface area contributed by atoms with E-state index in [4.69, 9.17) is 4.74 Å². The minimum atomic E-state index is -2.99. The molecule has 1 aliphatic heterocycles. The fraction of sp³-hybridized carbons (Fsp3) is 0.333. The van der Waals surface area contributed by atoms with Crippen molar-refractivity contribution >= 4 is 17.9 Å². The Labute approximate surface area is 205 Å². The largest absolute Gasteiger partial charge is 0.434 e. The van der Waals surface area contributed by atoms with Crippen LogP contribution in [0, 0.1) is 17.6 Å². The molecule has 0 bridgehead atoms. The molecule has 36 heavy (non-hydrogen) atoms. The topological polar surface area (TPSA) is 88.9 Å². The molecular formula is C24H25F4N5O3. The number of ether oxygens (including phenoxy) is 1. The number of hydrogen-bond donors (Lipinski definition) is 1. The highest BCUT2D eigenvalue weighted by molar-refractivity contribution is 5.93. The van der Waals surface area contributed by atoms with Gasteiger partial charge in [0.05, 0.1) is 30.6 Å². The van der Waals surface area contributed by atoms with Gasteiger partial charge in [0, 0.05) is 25.6 Å². The zero-order chi connectivity index (χ0) is 26.3. The summed E-state index contributed by atoms with van der Waals surface area (Å²) in [4.78, 5) is 26.9. The van der Waals surface area contributed by atoms with Crippen LogP contribution in [0.1, 0.15) is 13.3 Å². The Morgan fingerprint density at radius 3 is 2.75 bits per heavy atom. The van der Waals surface area contributed by atoms with E-state index in [9.17, 15) is 22.4 Å². The van der Waals surface area contributed by atoms with Crippen molar-refractivity contribution in [2.45, 2.75) is 25.3 Å². The number of anilines is 1. The maximum absolute atomic E-state index is 14.7. The normalized spacial score (nSPS) is 19.1. The van der Waals surface area contributed by atoms with Crippen molar-refractivity contribution in [3.8, 4) is 11.6 Å². The minimum Gasteiger partial charge on any atom is -0.434 e. The molecule has 1 N–H and O–H groups in total. The van der Waals surface area contributed by atoms with Gasteiger partial charge in [-0.3, -0.25) is 9.69 Å². The predicted molar refractivity (Wildman–Crippen MR) is 125 cm³/mol. The van der Waals surface area contributed by atoms with Crippen LogP contribution in [0.4, 0.5) is 23.4 Å². The van der Waals surface area contributed by atoms with E-state index >= 15 is 0 Å². The number of alkyl halides is 2. The van der Waals surface area contributed by atoms with E-state index in [2.05, 4.69) is 31.9 Å². The van der Waals surface area contributed by atoms with Crippen molar-refractivity contribution in [3.05, 3.63) is 66.5 Å². The number of carbonyl (C=O) groups excluding carboxylic acids is 1. The Balaban J connectivity index is 1.64. The SMILES string of the molecule is C=C/C(=C\C=N\OC)C1CN(C(C)C(=O)Nc2cnc(Oc3ccc(F)cc3F)cn2)CCC1(F)F. The molecule has 8 nitrogen and oxygen atoms in total. The molecule has 3 rings (SSSR count). The monoisotopic (exact) mass is 507 g/mol. The number of piperidine rings is 1. The van der Waals surface area contributed by atoms with Crippen LogP contribution in [-0.4, -0.2) is 59.2 Å². The van der Waals surface area contributed by atoms with E-state index in [1.54, 1.807) is 11.8 Å². The number of nitrogens with one attached hydrogen (secondary N) is 1. The van der Waals surface area contributed by atoms with E-state index in [0.717, 1.165) is 18.3 Å². The molecule has 0 radical (unpaired) electrons. The lowest BCUT2D eigenvalue weighted by Crippen LogP contribution is -2.53. The lowest BCUT2D eigenvalue weighted by molar-refractivity contribution is -0.128. The molecule has 2 atom stereocenters. The Morgan fingerprint density at radius 1 is 1.33 bits per heavy atom. The smallest absolute Gasteiger partial charge is 0.257 e. The molecule has 1 saturated heterocycles. The minimum absolute atomic E-state index is 0.0103. The Hall–Kier alpha value is -3.80. The number of oxime groups is 1. The van der Waals surface area contributed by atoms with Gasteiger partial charge in [-0.1, -0.05) is 17.8 Å². The van der Waals surface area contributed by atoms with Crippen LogP contribution in [0.3, 0.4) is 0 Å². The number of aromatic nitrogens is 2.